The zero-order valence-corrected chi connectivity index (χ0v) is 14.4. The van der Waals surface area contributed by atoms with Gasteiger partial charge in [-0.05, 0) is 50.7 Å². The van der Waals surface area contributed by atoms with Crippen LogP contribution in [0.4, 0.5) is 0 Å². The van der Waals surface area contributed by atoms with Crippen molar-refractivity contribution in [2.45, 2.75) is 37.1 Å². The van der Waals surface area contributed by atoms with Crippen LogP contribution in [0.15, 0.2) is 23.1 Å². The molecule has 2 rings (SSSR count). The van der Waals surface area contributed by atoms with E-state index < -0.39 is 0 Å². The first-order valence-electron chi connectivity index (χ1n) is 7.52. The van der Waals surface area contributed by atoms with E-state index in [1.165, 1.54) is 19.4 Å². The van der Waals surface area contributed by atoms with E-state index in [2.05, 4.69) is 24.9 Å². The summed E-state index contributed by atoms with van der Waals surface area (Å²) in [5, 5.41) is 0. The molecule has 1 aromatic carbocycles. The number of hydrogen-bond donors (Lipinski definition) is 1. The van der Waals surface area contributed by atoms with E-state index in [1.807, 2.05) is 12.1 Å². The first-order valence-corrected chi connectivity index (χ1v) is 8.91. The number of likely N-dealkylation sites (tertiary alicyclic amines) is 1. The predicted octanol–water partition coefficient (Wildman–Crippen LogP) is 3.30. The molecule has 1 aliphatic heterocycles. The Kier molecular flexibility index (Phi) is 6.33. The van der Waals surface area contributed by atoms with Gasteiger partial charge in [-0.25, -0.2) is 0 Å². The van der Waals surface area contributed by atoms with Crippen molar-refractivity contribution in [2.24, 2.45) is 5.73 Å². The Hall–Kier alpha value is -0.780. The van der Waals surface area contributed by atoms with E-state index in [4.69, 9.17) is 22.7 Å². The number of hydrogen-bond acceptors (Lipinski definition) is 4. The molecular formula is C16H24N2OS2. The van der Waals surface area contributed by atoms with Gasteiger partial charge < -0.3 is 15.4 Å². The van der Waals surface area contributed by atoms with Gasteiger partial charge >= 0.3 is 0 Å². The average Bonchev–Trinajstić information content (AvgIpc) is 2.85. The Morgan fingerprint density at radius 1 is 1.52 bits per heavy atom. The summed E-state index contributed by atoms with van der Waals surface area (Å²) >= 11 is 6.95. The molecule has 1 fully saturated rings. The molecule has 0 amide bonds. The molecule has 0 bridgehead atoms. The van der Waals surface area contributed by atoms with Crippen LogP contribution in [0.25, 0.3) is 0 Å². The Morgan fingerprint density at radius 3 is 2.95 bits per heavy atom. The fourth-order valence-electron chi connectivity index (χ4n) is 2.80. The number of thioether (sulfide) groups is 1. The first kappa shape index (κ1) is 16.6. The molecule has 3 nitrogen and oxygen atoms in total. The van der Waals surface area contributed by atoms with Gasteiger partial charge in [-0.2, -0.15) is 0 Å². The van der Waals surface area contributed by atoms with E-state index >= 15 is 0 Å². The van der Waals surface area contributed by atoms with Crippen LogP contribution < -0.4 is 10.5 Å². The molecule has 1 heterocycles. The molecule has 0 spiro atoms. The van der Waals surface area contributed by atoms with Crippen LogP contribution in [0.1, 0.15) is 31.7 Å². The molecule has 0 aliphatic carbocycles. The standard InChI is InChI=1S/C16H24N2OS2/c1-3-21-14-8-4-7-13(15(14)16(17)20)19-11-9-12-6-5-10-18(12)2/h4,7-8,12H,3,5-6,9-11H2,1-2H3,(H2,17,20). The SMILES string of the molecule is CCSc1cccc(OCCC2CCCN2C)c1C(N)=S. The summed E-state index contributed by atoms with van der Waals surface area (Å²) in [7, 11) is 2.19. The largest absolute Gasteiger partial charge is 0.493 e. The van der Waals surface area contributed by atoms with Crippen LogP contribution in [-0.4, -0.2) is 41.9 Å². The monoisotopic (exact) mass is 324 g/mol. The molecule has 0 saturated carbocycles. The third-order valence-corrected chi connectivity index (χ3v) is 5.06. The highest BCUT2D eigenvalue weighted by molar-refractivity contribution is 7.99. The second-order valence-electron chi connectivity index (χ2n) is 5.34. The van der Waals surface area contributed by atoms with Crippen molar-refractivity contribution in [1.29, 1.82) is 0 Å². The van der Waals surface area contributed by atoms with Gasteiger partial charge in [0.05, 0.1) is 12.2 Å². The lowest BCUT2D eigenvalue weighted by molar-refractivity contribution is 0.233. The highest BCUT2D eigenvalue weighted by Crippen LogP contribution is 2.30. The summed E-state index contributed by atoms with van der Waals surface area (Å²) in [6.07, 6.45) is 3.62. The van der Waals surface area contributed by atoms with Crippen LogP contribution in [0.2, 0.25) is 0 Å². The van der Waals surface area contributed by atoms with Crippen molar-refractivity contribution in [3.05, 3.63) is 23.8 Å². The minimum Gasteiger partial charge on any atom is -0.493 e. The molecule has 1 unspecified atom stereocenters. The highest BCUT2D eigenvalue weighted by atomic mass is 32.2. The summed E-state index contributed by atoms with van der Waals surface area (Å²) in [5.74, 6) is 1.81. The van der Waals surface area contributed by atoms with Crippen molar-refractivity contribution in [2.75, 3.05) is 26.0 Å². The van der Waals surface area contributed by atoms with Gasteiger partial charge in [0.2, 0.25) is 0 Å². The second-order valence-corrected chi connectivity index (χ2v) is 7.09. The summed E-state index contributed by atoms with van der Waals surface area (Å²) in [4.78, 5) is 3.95. The summed E-state index contributed by atoms with van der Waals surface area (Å²) in [6.45, 7) is 4.04. The molecule has 1 aliphatic rings. The van der Waals surface area contributed by atoms with Gasteiger partial charge in [-0.3, -0.25) is 0 Å². The fourth-order valence-corrected chi connectivity index (χ4v) is 3.91. The molecule has 0 aromatic heterocycles. The van der Waals surface area contributed by atoms with E-state index in [9.17, 15) is 0 Å². The molecule has 1 saturated heterocycles. The highest BCUT2D eigenvalue weighted by Gasteiger charge is 2.21. The van der Waals surface area contributed by atoms with Crippen molar-refractivity contribution in [1.82, 2.24) is 4.90 Å². The Morgan fingerprint density at radius 2 is 2.33 bits per heavy atom. The number of benzene rings is 1. The molecule has 5 heteroatoms. The Labute approximate surface area is 137 Å². The molecule has 21 heavy (non-hydrogen) atoms. The fraction of sp³-hybridized carbons (Fsp3) is 0.562. The number of thiocarbonyl (C=S) groups is 1. The maximum atomic E-state index is 5.99. The molecular weight excluding hydrogens is 300 g/mol. The lowest BCUT2D eigenvalue weighted by Gasteiger charge is -2.20. The van der Waals surface area contributed by atoms with Crippen molar-refractivity contribution in [3.63, 3.8) is 0 Å². The number of rotatable bonds is 7. The van der Waals surface area contributed by atoms with Crippen LogP contribution in [-0.2, 0) is 0 Å². The Balaban J connectivity index is 2.01. The predicted molar refractivity (Wildman–Crippen MR) is 94.5 cm³/mol. The molecule has 0 radical (unpaired) electrons. The molecule has 1 aromatic rings. The van der Waals surface area contributed by atoms with E-state index in [0.29, 0.717) is 17.6 Å². The Bertz CT molecular complexity index is 493. The number of nitrogens with zero attached hydrogens (tertiary/aromatic N) is 1. The summed E-state index contributed by atoms with van der Waals surface area (Å²) in [5.41, 5.74) is 6.78. The zero-order valence-electron chi connectivity index (χ0n) is 12.8. The maximum Gasteiger partial charge on any atom is 0.130 e. The minimum atomic E-state index is 0.416. The van der Waals surface area contributed by atoms with E-state index in [0.717, 1.165) is 28.4 Å². The third-order valence-electron chi connectivity index (χ3n) is 3.91. The molecule has 116 valence electrons. The minimum absolute atomic E-state index is 0.416. The third kappa shape index (κ3) is 4.34. The number of ether oxygens (including phenoxy) is 1. The average molecular weight is 325 g/mol. The van der Waals surface area contributed by atoms with E-state index in [1.54, 1.807) is 11.8 Å². The van der Waals surface area contributed by atoms with Crippen LogP contribution in [0, 0.1) is 0 Å². The zero-order chi connectivity index (χ0) is 15.2. The second kappa shape index (κ2) is 8.01. The van der Waals surface area contributed by atoms with Crippen LogP contribution in [0.3, 0.4) is 0 Å². The molecule has 1 atom stereocenters. The quantitative estimate of drug-likeness (QED) is 0.615. The van der Waals surface area contributed by atoms with Gasteiger partial charge in [0, 0.05) is 10.9 Å². The maximum absolute atomic E-state index is 5.99. The van der Waals surface area contributed by atoms with E-state index in [-0.39, 0.29) is 0 Å². The number of nitrogens with two attached hydrogens (primary N) is 1. The van der Waals surface area contributed by atoms with Gasteiger partial charge in [-0.15, -0.1) is 11.8 Å². The van der Waals surface area contributed by atoms with Gasteiger partial charge in [0.25, 0.3) is 0 Å². The summed E-state index contributed by atoms with van der Waals surface area (Å²) in [6, 6.07) is 6.68. The topological polar surface area (TPSA) is 38.5 Å². The van der Waals surface area contributed by atoms with Crippen molar-refractivity contribution < 1.29 is 4.74 Å². The van der Waals surface area contributed by atoms with Crippen molar-refractivity contribution >= 4 is 29.0 Å². The molecule has 2 N–H and O–H groups in total. The van der Waals surface area contributed by atoms with Gasteiger partial charge in [0.15, 0.2) is 0 Å². The smallest absolute Gasteiger partial charge is 0.130 e. The summed E-state index contributed by atoms with van der Waals surface area (Å²) < 4.78 is 5.99. The lowest BCUT2D eigenvalue weighted by Crippen LogP contribution is -2.26. The lowest BCUT2D eigenvalue weighted by atomic mass is 10.1. The van der Waals surface area contributed by atoms with Gasteiger partial charge in [-0.1, -0.05) is 25.2 Å². The van der Waals surface area contributed by atoms with Crippen LogP contribution >= 0.6 is 24.0 Å². The first-order chi connectivity index (χ1) is 10.1. The van der Waals surface area contributed by atoms with Crippen molar-refractivity contribution in [3.8, 4) is 5.75 Å². The van der Waals surface area contributed by atoms with Gasteiger partial charge in [0.1, 0.15) is 10.7 Å². The normalized spacial score (nSPS) is 18.9. The van der Waals surface area contributed by atoms with Crippen LogP contribution in [0.5, 0.6) is 5.75 Å².